The molecular formula is C14H13ClO. The summed E-state index contributed by atoms with van der Waals surface area (Å²) < 4.78 is 0. The van der Waals surface area contributed by atoms with Crippen molar-refractivity contribution in [1.82, 2.24) is 0 Å². The van der Waals surface area contributed by atoms with Gasteiger partial charge in [0.25, 0.3) is 0 Å². The van der Waals surface area contributed by atoms with Gasteiger partial charge in [0.15, 0.2) is 0 Å². The fourth-order valence-electron chi connectivity index (χ4n) is 1.72. The van der Waals surface area contributed by atoms with Crippen molar-refractivity contribution >= 4 is 11.6 Å². The number of aromatic hydroxyl groups is 1. The van der Waals surface area contributed by atoms with E-state index in [4.69, 9.17) is 11.6 Å². The van der Waals surface area contributed by atoms with Crippen LogP contribution in [0.3, 0.4) is 0 Å². The van der Waals surface area contributed by atoms with Gasteiger partial charge in [-0.15, -0.1) is 0 Å². The summed E-state index contributed by atoms with van der Waals surface area (Å²) in [6, 6.07) is 11.6. The lowest BCUT2D eigenvalue weighted by molar-refractivity contribution is 0.475. The maximum absolute atomic E-state index is 9.38. The largest absolute Gasteiger partial charge is 0.506 e. The molecule has 1 N–H and O–H groups in total. The smallest absolute Gasteiger partial charge is 0.134 e. The Morgan fingerprint density at radius 2 is 1.75 bits per heavy atom. The first-order valence-electron chi connectivity index (χ1n) is 5.14. The van der Waals surface area contributed by atoms with Crippen molar-refractivity contribution < 1.29 is 5.11 Å². The highest BCUT2D eigenvalue weighted by Crippen LogP contribution is 2.31. The van der Waals surface area contributed by atoms with Gasteiger partial charge in [0, 0.05) is 0 Å². The molecule has 1 nitrogen and oxygen atoms in total. The Labute approximate surface area is 100 Å². The Kier molecular flexibility index (Phi) is 2.88. The number of rotatable bonds is 1. The van der Waals surface area contributed by atoms with Crippen LogP contribution in [-0.4, -0.2) is 5.11 Å². The van der Waals surface area contributed by atoms with Gasteiger partial charge in [0.1, 0.15) is 5.75 Å². The molecule has 0 unspecified atom stereocenters. The minimum absolute atomic E-state index is 0.121. The standard InChI is InChI=1S/C14H13ClO/c1-9-3-4-10(2)12(7-9)11-5-6-14(16)13(15)8-11/h3-8,16H,1-2H3. The van der Waals surface area contributed by atoms with Gasteiger partial charge in [-0.25, -0.2) is 0 Å². The summed E-state index contributed by atoms with van der Waals surface area (Å²) in [5.74, 6) is 0.121. The van der Waals surface area contributed by atoms with Crippen LogP contribution in [0, 0.1) is 13.8 Å². The van der Waals surface area contributed by atoms with Crippen LogP contribution in [-0.2, 0) is 0 Å². The third kappa shape index (κ3) is 2.05. The predicted molar refractivity (Wildman–Crippen MR) is 68.0 cm³/mol. The van der Waals surface area contributed by atoms with Crippen molar-refractivity contribution in [3.8, 4) is 16.9 Å². The molecule has 0 spiro atoms. The SMILES string of the molecule is Cc1ccc(C)c(-c2ccc(O)c(Cl)c2)c1. The van der Waals surface area contributed by atoms with Crippen molar-refractivity contribution in [1.29, 1.82) is 0 Å². The quantitative estimate of drug-likeness (QED) is 0.776. The van der Waals surface area contributed by atoms with E-state index in [-0.39, 0.29) is 5.75 Å². The van der Waals surface area contributed by atoms with E-state index in [1.807, 2.05) is 6.07 Å². The molecule has 0 atom stereocenters. The molecule has 0 aliphatic carbocycles. The maximum atomic E-state index is 9.38. The Morgan fingerprint density at radius 1 is 1.00 bits per heavy atom. The second-order valence-electron chi connectivity index (χ2n) is 3.98. The Bertz CT molecular complexity index is 532. The van der Waals surface area contributed by atoms with Crippen LogP contribution in [0.15, 0.2) is 36.4 Å². The second kappa shape index (κ2) is 4.18. The summed E-state index contributed by atoms with van der Waals surface area (Å²) in [6.07, 6.45) is 0. The van der Waals surface area contributed by atoms with Crippen LogP contribution in [0.25, 0.3) is 11.1 Å². The Balaban J connectivity index is 2.58. The first-order valence-corrected chi connectivity index (χ1v) is 5.52. The molecule has 2 aromatic rings. The topological polar surface area (TPSA) is 20.2 Å². The molecular weight excluding hydrogens is 220 g/mol. The summed E-state index contributed by atoms with van der Waals surface area (Å²) in [4.78, 5) is 0. The molecule has 0 aliphatic rings. The fraction of sp³-hybridized carbons (Fsp3) is 0.143. The highest BCUT2D eigenvalue weighted by Gasteiger charge is 2.05. The molecule has 0 amide bonds. The van der Waals surface area contributed by atoms with Gasteiger partial charge in [-0.3, -0.25) is 0 Å². The lowest BCUT2D eigenvalue weighted by Crippen LogP contribution is -1.85. The summed E-state index contributed by atoms with van der Waals surface area (Å²) in [5.41, 5.74) is 4.60. The molecule has 0 bridgehead atoms. The monoisotopic (exact) mass is 232 g/mol. The van der Waals surface area contributed by atoms with Gasteiger partial charge in [0.05, 0.1) is 5.02 Å². The zero-order valence-corrected chi connectivity index (χ0v) is 10.0. The second-order valence-corrected chi connectivity index (χ2v) is 4.39. The number of benzene rings is 2. The first-order chi connectivity index (χ1) is 7.58. The molecule has 0 saturated heterocycles. The van der Waals surface area contributed by atoms with Crippen molar-refractivity contribution in [2.75, 3.05) is 0 Å². The van der Waals surface area contributed by atoms with Crippen LogP contribution in [0.5, 0.6) is 5.75 Å². The van der Waals surface area contributed by atoms with Crippen LogP contribution in [0.1, 0.15) is 11.1 Å². The molecule has 0 fully saturated rings. The molecule has 0 aromatic heterocycles. The van der Waals surface area contributed by atoms with Gasteiger partial charge >= 0.3 is 0 Å². The molecule has 0 saturated carbocycles. The van der Waals surface area contributed by atoms with Gasteiger partial charge < -0.3 is 5.11 Å². The van der Waals surface area contributed by atoms with Crippen molar-refractivity contribution in [2.24, 2.45) is 0 Å². The first kappa shape index (κ1) is 11.0. The molecule has 0 aliphatic heterocycles. The number of halogens is 1. The number of hydrogen-bond acceptors (Lipinski definition) is 1. The normalized spacial score (nSPS) is 10.4. The lowest BCUT2D eigenvalue weighted by Gasteiger charge is -2.08. The minimum atomic E-state index is 0.121. The lowest BCUT2D eigenvalue weighted by atomic mass is 9.98. The van der Waals surface area contributed by atoms with Crippen LogP contribution in [0.4, 0.5) is 0 Å². The number of aryl methyl sites for hydroxylation is 2. The van der Waals surface area contributed by atoms with Crippen LogP contribution >= 0.6 is 11.6 Å². The Morgan fingerprint density at radius 3 is 2.44 bits per heavy atom. The highest BCUT2D eigenvalue weighted by molar-refractivity contribution is 6.32. The summed E-state index contributed by atoms with van der Waals surface area (Å²) in [5, 5.41) is 9.77. The van der Waals surface area contributed by atoms with Gasteiger partial charge in [-0.2, -0.15) is 0 Å². The fourth-order valence-corrected chi connectivity index (χ4v) is 1.90. The van der Waals surface area contributed by atoms with Crippen molar-refractivity contribution in [3.05, 3.63) is 52.5 Å². The van der Waals surface area contributed by atoms with E-state index in [1.54, 1.807) is 12.1 Å². The molecule has 82 valence electrons. The predicted octanol–water partition coefficient (Wildman–Crippen LogP) is 4.33. The third-order valence-electron chi connectivity index (χ3n) is 2.65. The van der Waals surface area contributed by atoms with Gasteiger partial charge in [0.2, 0.25) is 0 Å². The zero-order chi connectivity index (χ0) is 11.7. The molecule has 0 heterocycles. The minimum Gasteiger partial charge on any atom is -0.506 e. The maximum Gasteiger partial charge on any atom is 0.134 e. The summed E-state index contributed by atoms with van der Waals surface area (Å²) in [7, 11) is 0. The van der Waals surface area contributed by atoms with E-state index in [0.29, 0.717) is 5.02 Å². The van der Waals surface area contributed by atoms with Gasteiger partial charge in [-0.05, 0) is 42.7 Å². The van der Waals surface area contributed by atoms with E-state index in [2.05, 4.69) is 32.0 Å². The molecule has 2 heteroatoms. The molecule has 2 aromatic carbocycles. The molecule has 0 radical (unpaired) electrons. The average molecular weight is 233 g/mol. The zero-order valence-electron chi connectivity index (χ0n) is 9.29. The van der Waals surface area contributed by atoms with E-state index in [9.17, 15) is 5.11 Å². The van der Waals surface area contributed by atoms with Gasteiger partial charge in [-0.1, -0.05) is 41.4 Å². The number of phenols is 1. The highest BCUT2D eigenvalue weighted by atomic mass is 35.5. The van der Waals surface area contributed by atoms with Crippen LogP contribution < -0.4 is 0 Å². The molecule has 16 heavy (non-hydrogen) atoms. The van der Waals surface area contributed by atoms with E-state index in [0.717, 1.165) is 11.1 Å². The summed E-state index contributed by atoms with van der Waals surface area (Å²) in [6.45, 7) is 4.13. The van der Waals surface area contributed by atoms with E-state index in [1.165, 1.54) is 11.1 Å². The van der Waals surface area contributed by atoms with Crippen molar-refractivity contribution in [2.45, 2.75) is 13.8 Å². The number of phenolic OH excluding ortho intramolecular Hbond substituents is 1. The van der Waals surface area contributed by atoms with Crippen LogP contribution in [0.2, 0.25) is 5.02 Å². The Hall–Kier alpha value is -1.47. The number of hydrogen-bond donors (Lipinski definition) is 1. The third-order valence-corrected chi connectivity index (χ3v) is 2.95. The van der Waals surface area contributed by atoms with E-state index >= 15 is 0 Å². The average Bonchev–Trinajstić information content (AvgIpc) is 2.26. The van der Waals surface area contributed by atoms with Crippen molar-refractivity contribution in [3.63, 3.8) is 0 Å². The molecule has 2 rings (SSSR count). The van der Waals surface area contributed by atoms with E-state index < -0.39 is 0 Å². The summed E-state index contributed by atoms with van der Waals surface area (Å²) >= 11 is 5.91.